The van der Waals surface area contributed by atoms with E-state index in [1.54, 1.807) is 25.1 Å². The fraction of sp³-hybridized carbons (Fsp3) is 0.238. The van der Waals surface area contributed by atoms with Crippen molar-refractivity contribution in [3.63, 3.8) is 0 Å². The number of aryl methyl sites for hydroxylation is 1. The molecule has 4 rings (SSSR count). The Hall–Kier alpha value is -3.26. The molecule has 0 saturated heterocycles. The van der Waals surface area contributed by atoms with Crippen LogP contribution in [0, 0.1) is 11.6 Å². The highest BCUT2D eigenvalue weighted by atomic mass is 19.2. The van der Waals surface area contributed by atoms with Crippen LogP contribution >= 0.6 is 0 Å². The van der Waals surface area contributed by atoms with Crippen LogP contribution in [0.4, 0.5) is 14.5 Å². The second-order valence-electron chi connectivity index (χ2n) is 7.11. The molecular formula is C21H19F2N3O3. The molecule has 2 aromatic carbocycles. The summed E-state index contributed by atoms with van der Waals surface area (Å²) in [6.45, 7) is 1.85. The first-order valence-corrected chi connectivity index (χ1v) is 9.20. The molecule has 1 aliphatic rings. The molecule has 1 aliphatic carbocycles. The van der Waals surface area contributed by atoms with Crippen LogP contribution < -0.4 is 21.6 Å². The average molecular weight is 399 g/mol. The SMILES string of the molecule is CCn1cc(C(=O)Oc2cccc([C@H]3C[C@@H]3N)c2)c(=O)c2c(N)cc(F)c(F)c21. The highest BCUT2D eigenvalue weighted by molar-refractivity contribution is 5.98. The average Bonchev–Trinajstić information content (AvgIpc) is 3.42. The summed E-state index contributed by atoms with van der Waals surface area (Å²) in [7, 11) is 0. The molecule has 8 heteroatoms. The number of benzene rings is 2. The van der Waals surface area contributed by atoms with Gasteiger partial charge in [0.25, 0.3) is 0 Å². The first-order chi connectivity index (χ1) is 13.8. The van der Waals surface area contributed by atoms with Crippen LogP contribution in [0.25, 0.3) is 10.9 Å². The van der Waals surface area contributed by atoms with Crippen molar-refractivity contribution in [2.24, 2.45) is 5.73 Å². The van der Waals surface area contributed by atoms with Crippen LogP contribution in [0.2, 0.25) is 0 Å². The molecular weight excluding hydrogens is 380 g/mol. The molecule has 0 bridgehead atoms. The lowest BCUT2D eigenvalue weighted by atomic mass is 10.1. The Morgan fingerprint density at radius 2 is 2.03 bits per heavy atom. The largest absolute Gasteiger partial charge is 0.423 e. The van der Waals surface area contributed by atoms with Gasteiger partial charge in [-0.05, 0) is 31.0 Å². The third-order valence-corrected chi connectivity index (χ3v) is 5.17. The van der Waals surface area contributed by atoms with Crippen LogP contribution in [0.5, 0.6) is 5.75 Å². The maximum Gasteiger partial charge on any atom is 0.349 e. The minimum absolute atomic E-state index is 0.0939. The van der Waals surface area contributed by atoms with Gasteiger partial charge in [-0.15, -0.1) is 0 Å². The van der Waals surface area contributed by atoms with Gasteiger partial charge in [-0.1, -0.05) is 12.1 Å². The molecule has 4 N–H and O–H groups in total. The first-order valence-electron chi connectivity index (χ1n) is 9.20. The number of aromatic nitrogens is 1. The molecule has 1 heterocycles. The standard InChI is InChI=1S/C21H19F2N3O3/c1-2-26-9-13(20(27)17-16(25)8-14(22)18(23)19(17)26)21(28)29-11-5-3-4-10(6-11)12-7-15(12)24/h3-6,8-9,12,15H,2,7,24-25H2,1H3/t12-,15+/m1/s1. The van der Waals surface area contributed by atoms with Crippen molar-refractivity contribution in [2.75, 3.05) is 5.73 Å². The normalized spacial score (nSPS) is 18.1. The van der Waals surface area contributed by atoms with E-state index < -0.39 is 23.0 Å². The summed E-state index contributed by atoms with van der Waals surface area (Å²) in [4.78, 5) is 25.5. The second-order valence-corrected chi connectivity index (χ2v) is 7.11. The molecule has 2 atom stereocenters. The van der Waals surface area contributed by atoms with Crippen LogP contribution in [0.3, 0.4) is 0 Å². The van der Waals surface area contributed by atoms with Gasteiger partial charge in [0.05, 0.1) is 10.9 Å². The lowest BCUT2D eigenvalue weighted by Crippen LogP contribution is -2.24. The summed E-state index contributed by atoms with van der Waals surface area (Å²) in [5, 5.41) is -0.252. The number of carbonyl (C=O) groups excluding carboxylic acids is 1. The summed E-state index contributed by atoms with van der Waals surface area (Å²) in [6, 6.07) is 7.76. The lowest BCUT2D eigenvalue weighted by molar-refractivity contribution is 0.0732. The van der Waals surface area contributed by atoms with E-state index in [9.17, 15) is 18.4 Å². The van der Waals surface area contributed by atoms with E-state index >= 15 is 0 Å². The Balaban J connectivity index is 1.77. The molecule has 1 fully saturated rings. The second kappa shape index (κ2) is 6.97. The van der Waals surface area contributed by atoms with Crippen molar-refractivity contribution in [2.45, 2.75) is 31.8 Å². The van der Waals surface area contributed by atoms with E-state index in [-0.39, 0.29) is 46.4 Å². The smallest absolute Gasteiger partial charge is 0.349 e. The van der Waals surface area contributed by atoms with Crippen molar-refractivity contribution < 1.29 is 18.3 Å². The molecule has 0 radical (unpaired) electrons. The predicted octanol–water partition coefficient (Wildman–Crippen LogP) is 2.92. The number of nitrogens with two attached hydrogens (primary N) is 2. The molecule has 0 aliphatic heterocycles. The number of nitrogen functional groups attached to an aromatic ring is 1. The van der Waals surface area contributed by atoms with E-state index in [0.29, 0.717) is 0 Å². The van der Waals surface area contributed by atoms with E-state index in [1.165, 1.54) is 4.57 Å². The monoisotopic (exact) mass is 399 g/mol. The summed E-state index contributed by atoms with van der Waals surface area (Å²) in [5.74, 6) is -2.76. The molecule has 1 aromatic heterocycles. The minimum Gasteiger partial charge on any atom is -0.423 e. The van der Waals surface area contributed by atoms with Crippen LogP contribution in [0.15, 0.2) is 41.3 Å². The molecule has 0 spiro atoms. The number of nitrogens with zero attached hydrogens (tertiary/aromatic N) is 1. The van der Waals surface area contributed by atoms with Crippen LogP contribution in [-0.2, 0) is 6.54 Å². The minimum atomic E-state index is -1.19. The van der Waals surface area contributed by atoms with Gasteiger partial charge in [-0.25, -0.2) is 13.6 Å². The number of halogens is 2. The summed E-state index contributed by atoms with van der Waals surface area (Å²) >= 11 is 0. The Morgan fingerprint density at radius 1 is 1.31 bits per heavy atom. The van der Waals surface area contributed by atoms with Gasteiger partial charge >= 0.3 is 5.97 Å². The zero-order valence-electron chi connectivity index (χ0n) is 15.6. The zero-order chi connectivity index (χ0) is 20.9. The van der Waals surface area contributed by atoms with Gasteiger partial charge in [-0.3, -0.25) is 4.79 Å². The third-order valence-electron chi connectivity index (χ3n) is 5.17. The van der Waals surface area contributed by atoms with Gasteiger partial charge in [0.2, 0.25) is 5.43 Å². The number of rotatable bonds is 4. The topological polar surface area (TPSA) is 100 Å². The molecule has 6 nitrogen and oxygen atoms in total. The van der Waals surface area contributed by atoms with Crippen molar-refractivity contribution in [1.82, 2.24) is 4.57 Å². The molecule has 0 amide bonds. The number of ether oxygens (including phenoxy) is 1. The van der Waals surface area contributed by atoms with Gasteiger partial charge in [0, 0.05) is 36.5 Å². The summed E-state index contributed by atoms with van der Waals surface area (Å²) in [6.07, 6.45) is 2.03. The van der Waals surface area contributed by atoms with E-state index in [4.69, 9.17) is 16.2 Å². The number of fused-ring (bicyclic) bond motifs is 1. The van der Waals surface area contributed by atoms with E-state index in [0.717, 1.165) is 24.2 Å². The fourth-order valence-corrected chi connectivity index (χ4v) is 3.52. The summed E-state index contributed by atoms with van der Waals surface area (Å²) < 4.78 is 34.7. The number of hydrogen-bond acceptors (Lipinski definition) is 5. The van der Waals surface area contributed by atoms with Crippen LogP contribution in [0.1, 0.15) is 35.2 Å². The number of anilines is 1. The van der Waals surface area contributed by atoms with Crippen LogP contribution in [-0.4, -0.2) is 16.6 Å². The number of hydrogen-bond donors (Lipinski definition) is 2. The maximum atomic E-state index is 14.3. The zero-order valence-corrected chi connectivity index (χ0v) is 15.6. The highest BCUT2D eigenvalue weighted by Gasteiger charge is 2.35. The fourth-order valence-electron chi connectivity index (χ4n) is 3.52. The molecule has 29 heavy (non-hydrogen) atoms. The van der Waals surface area contributed by atoms with Gasteiger partial charge < -0.3 is 20.8 Å². The number of carbonyl (C=O) groups is 1. The molecule has 0 unspecified atom stereocenters. The van der Waals surface area contributed by atoms with E-state index in [1.807, 2.05) is 6.07 Å². The van der Waals surface area contributed by atoms with Crippen molar-refractivity contribution in [3.05, 3.63) is 69.5 Å². The number of esters is 1. The molecule has 3 aromatic rings. The number of pyridine rings is 1. The van der Waals surface area contributed by atoms with E-state index in [2.05, 4.69) is 0 Å². The molecule has 1 saturated carbocycles. The first kappa shape index (κ1) is 19.1. The van der Waals surface area contributed by atoms with Gasteiger partial charge in [0.15, 0.2) is 11.6 Å². The predicted molar refractivity (Wildman–Crippen MR) is 105 cm³/mol. The van der Waals surface area contributed by atoms with Crippen molar-refractivity contribution in [1.29, 1.82) is 0 Å². The Bertz CT molecular complexity index is 1210. The molecule has 150 valence electrons. The quantitative estimate of drug-likeness (QED) is 0.399. The Kier molecular flexibility index (Phi) is 4.58. The van der Waals surface area contributed by atoms with Crippen molar-refractivity contribution in [3.8, 4) is 5.75 Å². The van der Waals surface area contributed by atoms with Crippen molar-refractivity contribution >= 4 is 22.6 Å². The maximum absolute atomic E-state index is 14.3. The summed E-state index contributed by atoms with van der Waals surface area (Å²) in [5.41, 5.74) is 10.9. The van der Waals surface area contributed by atoms with Gasteiger partial charge in [-0.2, -0.15) is 0 Å². The third kappa shape index (κ3) is 3.25. The van der Waals surface area contributed by atoms with Gasteiger partial charge in [0.1, 0.15) is 11.3 Å². The Labute approximate surface area is 164 Å². The Morgan fingerprint density at radius 3 is 2.69 bits per heavy atom. The lowest BCUT2D eigenvalue weighted by Gasteiger charge is -2.14. The highest BCUT2D eigenvalue weighted by Crippen LogP contribution is 2.40.